The largest absolute Gasteiger partial charge is 0.306 e. The second-order valence-electron chi connectivity index (χ2n) is 6.92. The van der Waals surface area contributed by atoms with E-state index in [1.54, 1.807) is 24.3 Å². The highest BCUT2D eigenvalue weighted by atomic mass is 35.5. The standard InChI is InChI=1S/C27H20ClN3O/c28-23-16-18-24(19-17-23)29-25(20-10-4-1-5-11-20)30-26(21-12-6-2-7-13-21)31-27(32)22-14-8-3-9-15-22/h1-19H,(H,29,30,31,32). The quantitative estimate of drug-likeness (QED) is 0.296. The molecule has 0 saturated heterocycles. The van der Waals surface area contributed by atoms with Crippen LogP contribution in [0.4, 0.5) is 5.69 Å². The van der Waals surface area contributed by atoms with Crippen molar-refractivity contribution in [1.29, 1.82) is 0 Å². The van der Waals surface area contributed by atoms with Crippen LogP contribution in [-0.2, 0) is 0 Å². The first-order chi connectivity index (χ1) is 15.7. The second kappa shape index (κ2) is 10.3. The van der Waals surface area contributed by atoms with Gasteiger partial charge in [0.15, 0.2) is 5.84 Å². The minimum absolute atomic E-state index is 0.243. The molecule has 1 amide bonds. The van der Waals surface area contributed by atoms with Crippen molar-refractivity contribution in [1.82, 2.24) is 5.32 Å². The summed E-state index contributed by atoms with van der Waals surface area (Å²) in [5.41, 5.74) is 2.85. The highest BCUT2D eigenvalue weighted by Gasteiger charge is 2.13. The van der Waals surface area contributed by atoms with Gasteiger partial charge in [0.05, 0.1) is 5.69 Å². The zero-order chi connectivity index (χ0) is 22.2. The number of amides is 1. The molecule has 1 N–H and O–H groups in total. The van der Waals surface area contributed by atoms with Crippen molar-refractivity contribution in [3.8, 4) is 0 Å². The van der Waals surface area contributed by atoms with Gasteiger partial charge in [-0.3, -0.25) is 4.79 Å². The van der Waals surface area contributed by atoms with Crippen LogP contribution >= 0.6 is 11.6 Å². The van der Waals surface area contributed by atoms with Gasteiger partial charge >= 0.3 is 0 Å². The molecule has 0 aliphatic rings. The van der Waals surface area contributed by atoms with Crippen molar-refractivity contribution >= 4 is 34.9 Å². The third-order valence-corrected chi connectivity index (χ3v) is 4.88. The van der Waals surface area contributed by atoms with Crippen LogP contribution < -0.4 is 5.32 Å². The van der Waals surface area contributed by atoms with Gasteiger partial charge in [-0.25, -0.2) is 9.98 Å². The van der Waals surface area contributed by atoms with Gasteiger partial charge in [-0.1, -0.05) is 90.5 Å². The summed E-state index contributed by atoms with van der Waals surface area (Å²) in [6, 6.07) is 35.4. The molecule has 0 bridgehead atoms. The van der Waals surface area contributed by atoms with Gasteiger partial charge in [0.25, 0.3) is 5.91 Å². The van der Waals surface area contributed by atoms with E-state index in [0.717, 1.165) is 11.1 Å². The lowest BCUT2D eigenvalue weighted by molar-refractivity contribution is 0.0977. The number of nitrogens with zero attached hydrogens (tertiary/aromatic N) is 2. The molecule has 5 heteroatoms. The maximum absolute atomic E-state index is 12.9. The third kappa shape index (κ3) is 5.56. The minimum Gasteiger partial charge on any atom is -0.306 e. The number of nitrogens with one attached hydrogen (secondary N) is 1. The van der Waals surface area contributed by atoms with Gasteiger partial charge in [-0.15, -0.1) is 0 Å². The molecule has 32 heavy (non-hydrogen) atoms. The second-order valence-corrected chi connectivity index (χ2v) is 7.36. The number of aliphatic imine (C=N–C) groups is 2. The Morgan fingerprint density at radius 1 is 0.625 bits per heavy atom. The maximum Gasteiger partial charge on any atom is 0.256 e. The predicted octanol–water partition coefficient (Wildman–Crippen LogP) is 6.30. The Kier molecular flexibility index (Phi) is 6.85. The number of hydrogen-bond donors (Lipinski definition) is 1. The van der Waals surface area contributed by atoms with E-state index in [-0.39, 0.29) is 5.91 Å². The van der Waals surface area contributed by atoms with Crippen molar-refractivity contribution in [2.75, 3.05) is 0 Å². The normalized spacial score (nSPS) is 11.8. The summed E-state index contributed by atoms with van der Waals surface area (Å²) in [7, 11) is 0. The van der Waals surface area contributed by atoms with Crippen molar-refractivity contribution in [2.24, 2.45) is 9.98 Å². The highest BCUT2D eigenvalue weighted by molar-refractivity contribution is 6.30. The number of halogens is 1. The van der Waals surface area contributed by atoms with Gasteiger partial charge in [-0.2, -0.15) is 0 Å². The van der Waals surface area contributed by atoms with E-state index in [4.69, 9.17) is 21.6 Å². The molecule has 0 saturated carbocycles. The number of benzene rings is 4. The summed E-state index contributed by atoms with van der Waals surface area (Å²) >= 11 is 6.02. The Hall–Kier alpha value is -4.02. The molecule has 4 aromatic carbocycles. The van der Waals surface area contributed by atoms with Crippen LogP contribution in [0.3, 0.4) is 0 Å². The van der Waals surface area contributed by atoms with Crippen LogP contribution in [0.5, 0.6) is 0 Å². The van der Waals surface area contributed by atoms with Crippen molar-refractivity contribution < 1.29 is 4.79 Å². The molecule has 0 atom stereocenters. The smallest absolute Gasteiger partial charge is 0.256 e. The van der Waals surface area contributed by atoms with Crippen LogP contribution in [0.2, 0.25) is 5.02 Å². The summed E-state index contributed by atoms with van der Waals surface area (Å²) in [6.45, 7) is 0. The van der Waals surface area contributed by atoms with Crippen LogP contribution in [0, 0.1) is 0 Å². The number of hydrogen-bond acceptors (Lipinski definition) is 2. The zero-order valence-electron chi connectivity index (χ0n) is 17.2. The molecule has 0 aliphatic heterocycles. The molecule has 0 aromatic heterocycles. The minimum atomic E-state index is -0.243. The molecular formula is C27H20ClN3O. The molecule has 0 radical (unpaired) electrons. The van der Waals surface area contributed by atoms with Gasteiger partial charge < -0.3 is 5.32 Å². The highest BCUT2D eigenvalue weighted by Crippen LogP contribution is 2.18. The lowest BCUT2D eigenvalue weighted by atomic mass is 10.1. The number of amidine groups is 2. The molecule has 4 nitrogen and oxygen atoms in total. The lowest BCUT2D eigenvalue weighted by Gasteiger charge is -2.11. The van der Waals surface area contributed by atoms with Gasteiger partial charge in [0.1, 0.15) is 5.84 Å². The zero-order valence-corrected chi connectivity index (χ0v) is 17.9. The average Bonchev–Trinajstić information content (AvgIpc) is 2.86. The SMILES string of the molecule is O=C(NC(=NC(=Nc1ccc(Cl)cc1)c1ccccc1)c1ccccc1)c1ccccc1. The lowest BCUT2D eigenvalue weighted by Crippen LogP contribution is -2.32. The first kappa shape index (κ1) is 21.2. The summed E-state index contributed by atoms with van der Waals surface area (Å²) < 4.78 is 0. The number of carbonyl (C=O) groups is 1. The monoisotopic (exact) mass is 437 g/mol. The molecule has 0 aliphatic carbocycles. The van der Waals surface area contributed by atoms with Gasteiger partial charge in [-0.05, 0) is 36.4 Å². The first-order valence-electron chi connectivity index (χ1n) is 10.1. The van der Waals surface area contributed by atoms with E-state index >= 15 is 0 Å². The Bertz CT molecular complexity index is 1240. The van der Waals surface area contributed by atoms with Crippen LogP contribution in [0.25, 0.3) is 0 Å². The van der Waals surface area contributed by atoms with E-state index in [1.807, 2.05) is 91.0 Å². The van der Waals surface area contributed by atoms with E-state index < -0.39 is 0 Å². The Labute approximate surface area is 192 Å². The summed E-state index contributed by atoms with van der Waals surface area (Å²) in [5, 5.41) is 3.59. The Morgan fingerprint density at radius 2 is 1.12 bits per heavy atom. The molecule has 0 unspecified atom stereocenters. The molecular weight excluding hydrogens is 418 g/mol. The van der Waals surface area contributed by atoms with Crippen LogP contribution in [0.1, 0.15) is 21.5 Å². The van der Waals surface area contributed by atoms with Gasteiger partial charge in [0, 0.05) is 21.7 Å². The molecule has 0 spiro atoms. The van der Waals surface area contributed by atoms with Gasteiger partial charge in [0.2, 0.25) is 0 Å². The molecule has 156 valence electrons. The van der Waals surface area contributed by atoms with E-state index in [1.165, 1.54) is 0 Å². The topological polar surface area (TPSA) is 53.8 Å². The fourth-order valence-electron chi connectivity index (χ4n) is 3.02. The van der Waals surface area contributed by atoms with E-state index in [0.29, 0.717) is 27.9 Å². The van der Waals surface area contributed by atoms with Crippen molar-refractivity contribution in [3.05, 3.63) is 137 Å². The Morgan fingerprint density at radius 3 is 1.69 bits per heavy atom. The maximum atomic E-state index is 12.9. The molecule has 0 heterocycles. The summed E-state index contributed by atoms with van der Waals surface area (Å²) in [4.78, 5) is 22.4. The fraction of sp³-hybridized carbons (Fsp3) is 0. The van der Waals surface area contributed by atoms with E-state index in [2.05, 4.69) is 5.32 Å². The first-order valence-corrected chi connectivity index (χ1v) is 10.5. The van der Waals surface area contributed by atoms with Crippen molar-refractivity contribution in [2.45, 2.75) is 0 Å². The number of carbonyl (C=O) groups excluding carboxylic acids is 1. The van der Waals surface area contributed by atoms with E-state index in [9.17, 15) is 4.79 Å². The fourth-order valence-corrected chi connectivity index (χ4v) is 3.14. The van der Waals surface area contributed by atoms with Crippen molar-refractivity contribution in [3.63, 3.8) is 0 Å². The average molecular weight is 438 g/mol. The number of rotatable bonds is 4. The third-order valence-electron chi connectivity index (χ3n) is 4.63. The Balaban J connectivity index is 1.80. The molecule has 0 fully saturated rings. The molecule has 4 rings (SSSR count). The summed E-state index contributed by atoms with van der Waals surface area (Å²) in [6.07, 6.45) is 0. The van der Waals surface area contributed by atoms with Crippen LogP contribution in [-0.4, -0.2) is 17.6 Å². The predicted molar refractivity (Wildman–Crippen MR) is 131 cm³/mol. The summed E-state index contributed by atoms with van der Waals surface area (Å²) in [5.74, 6) is 0.642. The molecule has 4 aromatic rings. The van der Waals surface area contributed by atoms with Crippen LogP contribution in [0.15, 0.2) is 125 Å².